The van der Waals surface area contributed by atoms with Gasteiger partial charge in [0.15, 0.2) is 0 Å². The molecule has 4 heteroatoms. The van der Waals surface area contributed by atoms with Crippen LogP contribution in [0.15, 0.2) is 0 Å². The van der Waals surface area contributed by atoms with Crippen molar-refractivity contribution in [2.75, 3.05) is 24.7 Å². The summed E-state index contributed by atoms with van der Waals surface area (Å²) in [5.41, 5.74) is 0.0494. The highest BCUT2D eigenvalue weighted by atomic mass is 32.2. The van der Waals surface area contributed by atoms with Crippen molar-refractivity contribution in [3.63, 3.8) is 0 Å². The second kappa shape index (κ2) is 6.15. The number of carbonyl (C=O) groups excluding carboxylic acids is 1. The predicted molar refractivity (Wildman–Crippen MR) is 78.6 cm³/mol. The van der Waals surface area contributed by atoms with Gasteiger partial charge in [-0.05, 0) is 50.0 Å². The molecule has 3 aliphatic rings. The lowest BCUT2D eigenvalue weighted by Gasteiger charge is -2.43. The van der Waals surface area contributed by atoms with E-state index in [0.717, 1.165) is 38.8 Å². The maximum Gasteiger partial charge on any atom is 0.137 e. The van der Waals surface area contributed by atoms with Crippen molar-refractivity contribution in [3.05, 3.63) is 0 Å². The van der Waals surface area contributed by atoms with Crippen LogP contribution < -0.4 is 5.32 Å². The third kappa shape index (κ3) is 3.73. The van der Waals surface area contributed by atoms with Crippen molar-refractivity contribution in [1.82, 2.24) is 5.32 Å². The molecule has 0 aromatic carbocycles. The lowest BCUT2D eigenvalue weighted by atomic mass is 9.79. The summed E-state index contributed by atoms with van der Waals surface area (Å²) in [4.78, 5) is 12.3. The number of Topliss-reactive ketones (excluding diaryl/α,β-unsaturated/α-hetero) is 1. The zero-order valence-corrected chi connectivity index (χ0v) is 12.5. The summed E-state index contributed by atoms with van der Waals surface area (Å²) >= 11 is 2.02. The number of rotatable bonds is 5. The highest BCUT2D eigenvalue weighted by Gasteiger charge is 2.40. The van der Waals surface area contributed by atoms with E-state index in [0.29, 0.717) is 18.2 Å². The minimum Gasteiger partial charge on any atom is -0.375 e. The van der Waals surface area contributed by atoms with Gasteiger partial charge in [-0.25, -0.2) is 0 Å². The van der Waals surface area contributed by atoms with Crippen LogP contribution >= 0.6 is 11.8 Å². The highest BCUT2D eigenvalue weighted by Crippen LogP contribution is 2.40. The molecule has 2 saturated heterocycles. The van der Waals surface area contributed by atoms with Crippen LogP contribution in [-0.2, 0) is 9.53 Å². The molecule has 3 fully saturated rings. The SMILES string of the molecule is O=C(CCNC1CC1)C1CCOC2(CCSCC2)C1. The summed E-state index contributed by atoms with van der Waals surface area (Å²) in [6, 6.07) is 0.712. The Bertz CT molecular complexity index is 319. The van der Waals surface area contributed by atoms with Crippen LogP contribution in [0.5, 0.6) is 0 Å². The molecule has 1 saturated carbocycles. The molecule has 0 aromatic rings. The molecule has 0 amide bonds. The van der Waals surface area contributed by atoms with E-state index in [9.17, 15) is 4.79 Å². The first-order chi connectivity index (χ1) is 9.27. The maximum atomic E-state index is 12.3. The Morgan fingerprint density at radius 3 is 2.79 bits per heavy atom. The van der Waals surface area contributed by atoms with Gasteiger partial charge in [0.1, 0.15) is 5.78 Å². The van der Waals surface area contributed by atoms with Gasteiger partial charge in [0.2, 0.25) is 0 Å². The van der Waals surface area contributed by atoms with Gasteiger partial charge >= 0.3 is 0 Å². The third-order valence-corrected chi connectivity index (χ3v) is 5.72. The number of thioether (sulfide) groups is 1. The lowest BCUT2D eigenvalue weighted by Crippen LogP contribution is -2.44. The molecule has 1 N–H and O–H groups in total. The molecule has 3 nitrogen and oxygen atoms in total. The fraction of sp³-hybridized carbons (Fsp3) is 0.933. The average Bonchev–Trinajstić information content (AvgIpc) is 3.24. The molecule has 2 heterocycles. The molecular weight excluding hydrogens is 258 g/mol. The fourth-order valence-corrected chi connectivity index (χ4v) is 4.52. The molecule has 0 aromatic heterocycles. The van der Waals surface area contributed by atoms with Gasteiger partial charge in [0, 0.05) is 31.5 Å². The first-order valence-corrected chi connectivity index (χ1v) is 8.91. The number of ketones is 1. The molecule has 3 rings (SSSR count). The number of hydrogen-bond acceptors (Lipinski definition) is 4. The Morgan fingerprint density at radius 1 is 1.26 bits per heavy atom. The van der Waals surface area contributed by atoms with Crippen LogP contribution in [0.2, 0.25) is 0 Å². The Labute approximate surface area is 120 Å². The second-order valence-corrected chi connectivity index (χ2v) is 7.50. The minimum atomic E-state index is 0.0494. The van der Waals surface area contributed by atoms with Gasteiger partial charge in [-0.2, -0.15) is 11.8 Å². The number of ether oxygens (including phenoxy) is 1. The summed E-state index contributed by atoms with van der Waals surface area (Å²) in [5.74, 6) is 3.13. The van der Waals surface area contributed by atoms with Crippen LogP contribution in [-0.4, -0.2) is 42.1 Å². The normalized spacial score (nSPS) is 30.4. The van der Waals surface area contributed by atoms with Crippen LogP contribution in [0.25, 0.3) is 0 Å². The van der Waals surface area contributed by atoms with E-state index in [1.165, 1.54) is 24.3 Å². The molecule has 1 aliphatic carbocycles. The first kappa shape index (κ1) is 13.9. The molecule has 1 unspecified atom stereocenters. The van der Waals surface area contributed by atoms with E-state index in [-0.39, 0.29) is 11.5 Å². The monoisotopic (exact) mass is 283 g/mol. The average molecular weight is 283 g/mol. The molecule has 1 spiro atoms. The van der Waals surface area contributed by atoms with E-state index in [2.05, 4.69) is 5.32 Å². The smallest absolute Gasteiger partial charge is 0.137 e. The summed E-state index contributed by atoms with van der Waals surface area (Å²) < 4.78 is 6.06. The minimum absolute atomic E-state index is 0.0494. The van der Waals surface area contributed by atoms with Gasteiger partial charge in [-0.15, -0.1) is 0 Å². The number of hydrogen-bond donors (Lipinski definition) is 1. The Balaban J connectivity index is 1.47. The van der Waals surface area contributed by atoms with Crippen molar-refractivity contribution < 1.29 is 9.53 Å². The van der Waals surface area contributed by atoms with Crippen molar-refractivity contribution in [3.8, 4) is 0 Å². The van der Waals surface area contributed by atoms with Crippen molar-refractivity contribution >= 4 is 17.5 Å². The quantitative estimate of drug-likeness (QED) is 0.841. The van der Waals surface area contributed by atoms with Gasteiger partial charge in [0.25, 0.3) is 0 Å². The zero-order valence-electron chi connectivity index (χ0n) is 11.7. The van der Waals surface area contributed by atoms with Gasteiger partial charge in [-0.1, -0.05) is 0 Å². The fourth-order valence-electron chi connectivity index (χ4n) is 3.29. The molecule has 1 atom stereocenters. The van der Waals surface area contributed by atoms with Gasteiger partial charge in [0.05, 0.1) is 5.60 Å². The molecule has 0 bridgehead atoms. The zero-order chi connectivity index (χ0) is 13.1. The highest BCUT2D eigenvalue weighted by molar-refractivity contribution is 7.99. The van der Waals surface area contributed by atoms with E-state index in [1.807, 2.05) is 11.8 Å². The molecule has 19 heavy (non-hydrogen) atoms. The van der Waals surface area contributed by atoms with Crippen LogP contribution in [0.4, 0.5) is 0 Å². The van der Waals surface area contributed by atoms with Gasteiger partial charge in [-0.3, -0.25) is 4.79 Å². The molecule has 108 valence electrons. The van der Waals surface area contributed by atoms with E-state index >= 15 is 0 Å². The summed E-state index contributed by atoms with van der Waals surface area (Å²) in [6.07, 6.45) is 7.51. The molecule has 0 radical (unpaired) electrons. The largest absolute Gasteiger partial charge is 0.375 e. The van der Waals surface area contributed by atoms with Gasteiger partial charge < -0.3 is 10.1 Å². The lowest BCUT2D eigenvalue weighted by molar-refractivity contribution is -0.138. The number of nitrogens with one attached hydrogen (secondary N) is 1. The Kier molecular flexibility index (Phi) is 4.50. The van der Waals surface area contributed by atoms with Crippen LogP contribution in [0, 0.1) is 5.92 Å². The first-order valence-electron chi connectivity index (χ1n) is 7.75. The Hall–Kier alpha value is -0.0600. The van der Waals surface area contributed by atoms with E-state index in [4.69, 9.17) is 4.74 Å². The van der Waals surface area contributed by atoms with E-state index in [1.54, 1.807) is 0 Å². The summed E-state index contributed by atoms with van der Waals surface area (Å²) in [7, 11) is 0. The molecule has 2 aliphatic heterocycles. The summed E-state index contributed by atoms with van der Waals surface area (Å²) in [5, 5.41) is 3.44. The topological polar surface area (TPSA) is 38.3 Å². The maximum absolute atomic E-state index is 12.3. The molecular formula is C15H25NO2S. The van der Waals surface area contributed by atoms with E-state index < -0.39 is 0 Å². The third-order valence-electron chi connectivity index (χ3n) is 4.73. The van der Waals surface area contributed by atoms with Crippen LogP contribution in [0.3, 0.4) is 0 Å². The summed E-state index contributed by atoms with van der Waals surface area (Å²) in [6.45, 7) is 1.67. The predicted octanol–water partition coefficient (Wildman–Crippen LogP) is 2.39. The Morgan fingerprint density at radius 2 is 2.05 bits per heavy atom. The second-order valence-electron chi connectivity index (χ2n) is 6.28. The van der Waals surface area contributed by atoms with Crippen LogP contribution in [0.1, 0.15) is 44.9 Å². The van der Waals surface area contributed by atoms with Crippen molar-refractivity contribution in [2.24, 2.45) is 5.92 Å². The van der Waals surface area contributed by atoms with Crippen molar-refractivity contribution in [2.45, 2.75) is 56.6 Å². The number of carbonyl (C=O) groups is 1. The van der Waals surface area contributed by atoms with Crippen molar-refractivity contribution in [1.29, 1.82) is 0 Å². The standard InChI is InChI=1S/C15H25NO2S/c17-14(3-7-16-13-1-2-13)12-4-8-18-15(11-12)5-9-19-10-6-15/h12-13,16H,1-11H2.